The van der Waals surface area contributed by atoms with Gasteiger partial charge in [0.1, 0.15) is 28.5 Å². The van der Waals surface area contributed by atoms with Crippen molar-refractivity contribution in [1.82, 2.24) is 19.7 Å². The molecular formula is C19H19N5O2. The minimum Gasteiger partial charge on any atom is -0.497 e. The fourth-order valence-electron chi connectivity index (χ4n) is 2.94. The van der Waals surface area contributed by atoms with E-state index in [4.69, 9.17) is 20.2 Å². The van der Waals surface area contributed by atoms with E-state index in [-0.39, 0.29) is 0 Å². The number of fused-ring (bicyclic) bond motifs is 1. The number of nitrogen functional groups attached to an aromatic ring is 1. The Morgan fingerprint density at radius 1 is 1.15 bits per heavy atom. The highest BCUT2D eigenvalue weighted by Gasteiger charge is 2.25. The molecule has 7 heteroatoms. The van der Waals surface area contributed by atoms with Gasteiger partial charge in [0.2, 0.25) is 0 Å². The van der Waals surface area contributed by atoms with Gasteiger partial charge in [-0.15, -0.1) is 0 Å². The summed E-state index contributed by atoms with van der Waals surface area (Å²) >= 11 is 0. The summed E-state index contributed by atoms with van der Waals surface area (Å²) < 4.78 is 12.6. The van der Waals surface area contributed by atoms with E-state index in [0.29, 0.717) is 28.9 Å². The number of hydrogen-bond acceptors (Lipinski definition) is 6. The van der Waals surface area contributed by atoms with E-state index in [9.17, 15) is 0 Å². The van der Waals surface area contributed by atoms with Crippen LogP contribution in [0.2, 0.25) is 0 Å². The molecule has 3 aromatic rings. The summed E-state index contributed by atoms with van der Waals surface area (Å²) in [5, 5.41) is 3.27. The molecule has 1 fully saturated rings. The first-order valence-electron chi connectivity index (χ1n) is 8.28. The lowest BCUT2D eigenvalue weighted by Gasteiger charge is -2.25. The lowest BCUT2D eigenvalue weighted by atomic mass is 10.0. The Bertz CT molecular complexity index is 1010. The molecule has 1 aromatic carbocycles. The van der Waals surface area contributed by atoms with Gasteiger partial charge in [0.15, 0.2) is 5.82 Å². The normalized spacial score (nSPS) is 13.8. The van der Waals surface area contributed by atoms with Crippen molar-refractivity contribution in [3.05, 3.63) is 47.7 Å². The number of nitrogens with two attached hydrogens (primary N) is 1. The van der Waals surface area contributed by atoms with Crippen LogP contribution in [-0.2, 0) is 0 Å². The van der Waals surface area contributed by atoms with Gasteiger partial charge in [-0.3, -0.25) is 4.40 Å². The Morgan fingerprint density at radius 2 is 1.88 bits per heavy atom. The second kappa shape index (κ2) is 6.58. The molecule has 7 nitrogen and oxygen atoms in total. The van der Waals surface area contributed by atoms with Crippen molar-refractivity contribution >= 4 is 11.3 Å². The molecule has 0 amide bonds. The standard InChI is InChI=1S/C19H19N5O2/c1-25-14-7-12(8-15(9-14)26-2)3-4-16-17-18(20)22-5-6-24(17)19(23-16)13-10-21-11-13/h5-9,13,21H,10-11H2,1-2H3,(H2,20,22). The van der Waals surface area contributed by atoms with Crippen LogP contribution in [0.25, 0.3) is 5.52 Å². The Morgan fingerprint density at radius 3 is 2.50 bits per heavy atom. The summed E-state index contributed by atoms with van der Waals surface area (Å²) in [7, 11) is 3.22. The molecule has 1 saturated heterocycles. The van der Waals surface area contributed by atoms with Crippen LogP contribution in [0.1, 0.15) is 23.0 Å². The predicted molar refractivity (Wildman–Crippen MR) is 98.5 cm³/mol. The van der Waals surface area contributed by atoms with Gasteiger partial charge in [-0.25, -0.2) is 9.97 Å². The van der Waals surface area contributed by atoms with Crippen LogP contribution in [0, 0.1) is 11.8 Å². The third kappa shape index (κ3) is 2.80. The summed E-state index contributed by atoms with van der Waals surface area (Å²) in [6.07, 6.45) is 3.57. The molecule has 0 atom stereocenters. The molecule has 0 aliphatic carbocycles. The van der Waals surface area contributed by atoms with Gasteiger partial charge in [-0.1, -0.05) is 5.92 Å². The number of nitrogens with one attached hydrogen (secondary N) is 1. The molecule has 2 aromatic heterocycles. The van der Waals surface area contributed by atoms with Crippen LogP contribution in [0.15, 0.2) is 30.6 Å². The number of imidazole rings is 1. The van der Waals surface area contributed by atoms with Gasteiger partial charge in [-0.2, -0.15) is 0 Å². The molecule has 1 aliphatic rings. The predicted octanol–water partition coefficient (Wildman–Crippen LogP) is 1.42. The summed E-state index contributed by atoms with van der Waals surface area (Å²) in [6, 6.07) is 5.51. The van der Waals surface area contributed by atoms with Gasteiger partial charge in [0.05, 0.1) is 14.2 Å². The Hall–Kier alpha value is -3.24. The van der Waals surface area contributed by atoms with Crippen LogP contribution >= 0.6 is 0 Å². The van der Waals surface area contributed by atoms with Gasteiger partial charge in [0.25, 0.3) is 0 Å². The van der Waals surface area contributed by atoms with Crippen molar-refractivity contribution < 1.29 is 9.47 Å². The smallest absolute Gasteiger partial charge is 0.150 e. The number of rotatable bonds is 3. The average molecular weight is 349 g/mol. The molecule has 26 heavy (non-hydrogen) atoms. The molecule has 0 radical (unpaired) electrons. The summed E-state index contributed by atoms with van der Waals surface area (Å²) in [4.78, 5) is 8.93. The Kier molecular flexibility index (Phi) is 4.11. The third-order valence-corrected chi connectivity index (χ3v) is 4.43. The Labute approximate surface area is 151 Å². The van der Waals surface area contributed by atoms with Crippen LogP contribution < -0.4 is 20.5 Å². The first-order chi connectivity index (χ1) is 12.7. The fraction of sp³-hybridized carbons (Fsp3) is 0.263. The van der Waals surface area contributed by atoms with E-state index in [0.717, 1.165) is 30.0 Å². The van der Waals surface area contributed by atoms with Crippen LogP contribution in [-0.4, -0.2) is 41.7 Å². The van der Waals surface area contributed by atoms with Crippen molar-refractivity contribution in [3.63, 3.8) is 0 Å². The van der Waals surface area contributed by atoms with E-state index < -0.39 is 0 Å². The molecule has 0 saturated carbocycles. The number of benzene rings is 1. The monoisotopic (exact) mass is 349 g/mol. The molecule has 1 aliphatic heterocycles. The van der Waals surface area contributed by atoms with Crippen molar-refractivity contribution in [2.24, 2.45) is 0 Å². The van der Waals surface area contributed by atoms with E-state index >= 15 is 0 Å². The molecule has 4 rings (SSSR count). The van der Waals surface area contributed by atoms with Crippen LogP contribution in [0.5, 0.6) is 11.5 Å². The van der Waals surface area contributed by atoms with Crippen molar-refractivity contribution in [3.8, 4) is 23.3 Å². The SMILES string of the molecule is COc1cc(C#Cc2nc(C3CNC3)n3ccnc(N)c23)cc(OC)c1. The van der Waals surface area contributed by atoms with E-state index in [1.54, 1.807) is 26.5 Å². The minimum atomic E-state index is 0.358. The van der Waals surface area contributed by atoms with Gasteiger partial charge < -0.3 is 20.5 Å². The largest absolute Gasteiger partial charge is 0.497 e. The molecule has 0 spiro atoms. The lowest BCUT2D eigenvalue weighted by Crippen LogP contribution is -2.40. The van der Waals surface area contributed by atoms with Gasteiger partial charge in [-0.05, 0) is 18.1 Å². The maximum atomic E-state index is 6.09. The fourth-order valence-corrected chi connectivity index (χ4v) is 2.94. The zero-order valence-electron chi connectivity index (χ0n) is 14.6. The second-order valence-electron chi connectivity index (χ2n) is 6.06. The summed E-state index contributed by atoms with van der Waals surface area (Å²) in [5.74, 6) is 9.38. The van der Waals surface area contributed by atoms with Gasteiger partial charge >= 0.3 is 0 Å². The number of ether oxygens (including phenoxy) is 2. The molecule has 0 bridgehead atoms. The zero-order chi connectivity index (χ0) is 18.1. The maximum Gasteiger partial charge on any atom is 0.150 e. The second-order valence-corrected chi connectivity index (χ2v) is 6.06. The quantitative estimate of drug-likeness (QED) is 0.696. The van der Waals surface area contributed by atoms with Crippen molar-refractivity contribution in [2.75, 3.05) is 33.0 Å². The Balaban J connectivity index is 1.80. The molecule has 3 N–H and O–H groups in total. The number of methoxy groups -OCH3 is 2. The van der Waals surface area contributed by atoms with E-state index in [1.165, 1.54) is 0 Å². The van der Waals surface area contributed by atoms with Crippen LogP contribution in [0.3, 0.4) is 0 Å². The zero-order valence-corrected chi connectivity index (χ0v) is 14.6. The highest BCUT2D eigenvalue weighted by Crippen LogP contribution is 2.25. The third-order valence-electron chi connectivity index (χ3n) is 4.43. The lowest BCUT2D eigenvalue weighted by molar-refractivity contribution is 0.394. The molecule has 0 unspecified atom stereocenters. The van der Waals surface area contributed by atoms with E-state index in [2.05, 4.69) is 22.1 Å². The molecule has 132 valence electrons. The maximum absolute atomic E-state index is 6.09. The highest BCUT2D eigenvalue weighted by atomic mass is 16.5. The van der Waals surface area contributed by atoms with E-state index in [1.807, 2.05) is 22.7 Å². The number of anilines is 1. The number of nitrogens with zero attached hydrogens (tertiary/aromatic N) is 3. The molecule has 3 heterocycles. The molecular weight excluding hydrogens is 330 g/mol. The average Bonchev–Trinajstić information content (AvgIpc) is 2.98. The number of aromatic nitrogens is 3. The first-order valence-corrected chi connectivity index (χ1v) is 8.28. The van der Waals surface area contributed by atoms with Crippen molar-refractivity contribution in [1.29, 1.82) is 0 Å². The minimum absolute atomic E-state index is 0.358. The summed E-state index contributed by atoms with van der Waals surface area (Å²) in [6.45, 7) is 1.81. The van der Waals surface area contributed by atoms with Crippen molar-refractivity contribution in [2.45, 2.75) is 5.92 Å². The first kappa shape index (κ1) is 16.2. The van der Waals surface area contributed by atoms with Gasteiger partial charge in [0, 0.05) is 43.0 Å². The topological polar surface area (TPSA) is 86.7 Å². The highest BCUT2D eigenvalue weighted by molar-refractivity contribution is 5.73. The van der Waals surface area contributed by atoms with Crippen LogP contribution in [0.4, 0.5) is 5.82 Å². The number of hydrogen-bond donors (Lipinski definition) is 2. The summed E-state index contributed by atoms with van der Waals surface area (Å²) in [5.41, 5.74) is 8.24.